The van der Waals surface area contributed by atoms with E-state index in [-0.39, 0.29) is 23.5 Å². The van der Waals surface area contributed by atoms with E-state index in [1.54, 1.807) is 31.3 Å². The predicted molar refractivity (Wildman–Crippen MR) is 127 cm³/mol. The summed E-state index contributed by atoms with van der Waals surface area (Å²) in [6, 6.07) is 14.2. The first-order valence-electron chi connectivity index (χ1n) is 10.5. The monoisotopic (exact) mass is 464 g/mol. The molecule has 170 valence electrons. The topological polar surface area (TPSA) is 118 Å². The molecule has 9 nitrogen and oxygen atoms in total. The Labute approximate surface area is 195 Å². The van der Waals surface area contributed by atoms with Crippen molar-refractivity contribution in [3.8, 4) is 5.69 Å². The minimum atomic E-state index is -0.220. The van der Waals surface area contributed by atoms with Crippen LogP contribution in [0.1, 0.15) is 41.9 Å². The van der Waals surface area contributed by atoms with Gasteiger partial charge < -0.3 is 16.0 Å². The number of anilines is 2. The Kier molecular flexibility index (Phi) is 6.74. The van der Waals surface area contributed by atoms with Gasteiger partial charge in [0.1, 0.15) is 5.82 Å². The summed E-state index contributed by atoms with van der Waals surface area (Å²) in [5.74, 6) is 0.739. The molecule has 0 aliphatic heterocycles. The maximum absolute atomic E-state index is 12.6. The molecule has 3 aromatic rings. The Bertz CT molecular complexity index is 1200. The first kappa shape index (κ1) is 22.5. The molecular formula is C23H24N6O3S. The highest BCUT2D eigenvalue weighted by atomic mass is 32.2. The highest BCUT2D eigenvalue weighted by molar-refractivity contribution is 7.99. The number of hydrogen-bond donors (Lipinski definition) is 3. The van der Waals surface area contributed by atoms with Crippen molar-refractivity contribution < 1.29 is 14.4 Å². The molecule has 0 spiro atoms. The highest BCUT2D eigenvalue weighted by Crippen LogP contribution is 2.41. The third-order valence-corrected chi connectivity index (χ3v) is 5.92. The number of thioether (sulfide) groups is 1. The minimum Gasteiger partial charge on any atom is -0.355 e. The fourth-order valence-corrected chi connectivity index (χ4v) is 4.12. The zero-order valence-corrected chi connectivity index (χ0v) is 19.1. The number of carbonyl (C=O) groups excluding carboxylic acids is 3. The van der Waals surface area contributed by atoms with Crippen molar-refractivity contribution in [2.45, 2.75) is 30.8 Å². The summed E-state index contributed by atoms with van der Waals surface area (Å²) < 4.78 is 1.95. The van der Waals surface area contributed by atoms with Gasteiger partial charge in [0.05, 0.1) is 11.4 Å². The summed E-state index contributed by atoms with van der Waals surface area (Å²) >= 11 is 1.28. The Balaban J connectivity index is 1.50. The molecule has 0 radical (unpaired) electrons. The number of amides is 3. The summed E-state index contributed by atoms with van der Waals surface area (Å²) in [7, 11) is 1.56. The second-order valence-corrected chi connectivity index (χ2v) is 8.62. The van der Waals surface area contributed by atoms with E-state index in [4.69, 9.17) is 0 Å². The fraction of sp³-hybridized carbons (Fsp3) is 0.261. The van der Waals surface area contributed by atoms with Crippen LogP contribution in [0, 0.1) is 0 Å². The van der Waals surface area contributed by atoms with Crippen LogP contribution in [0.4, 0.5) is 11.4 Å². The average Bonchev–Trinajstić information content (AvgIpc) is 3.56. The molecule has 0 unspecified atom stereocenters. The van der Waals surface area contributed by atoms with Crippen LogP contribution in [-0.4, -0.2) is 45.3 Å². The molecule has 1 aromatic heterocycles. The van der Waals surface area contributed by atoms with Crippen molar-refractivity contribution in [3.05, 3.63) is 59.9 Å². The number of rotatable bonds is 8. The number of nitrogens with one attached hydrogen (secondary N) is 3. The minimum absolute atomic E-state index is 0.123. The Morgan fingerprint density at radius 1 is 1.03 bits per heavy atom. The predicted octanol–water partition coefficient (Wildman–Crippen LogP) is 3.19. The van der Waals surface area contributed by atoms with E-state index in [0.717, 1.165) is 24.4 Å². The summed E-state index contributed by atoms with van der Waals surface area (Å²) in [4.78, 5) is 35.8. The van der Waals surface area contributed by atoms with Crippen molar-refractivity contribution in [3.63, 3.8) is 0 Å². The van der Waals surface area contributed by atoms with Gasteiger partial charge in [0.25, 0.3) is 5.91 Å². The van der Waals surface area contributed by atoms with Crippen LogP contribution in [0.15, 0.2) is 53.7 Å². The molecule has 1 fully saturated rings. The van der Waals surface area contributed by atoms with Crippen molar-refractivity contribution in [2.75, 3.05) is 23.4 Å². The van der Waals surface area contributed by atoms with Gasteiger partial charge in [-0.2, -0.15) is 0 Å². The molecule has 3 amide bonds. The molecule has 0 bridgehead atoms. The van der Waals surface area contributed by atoms with E-state index >= 15 is 0 Å². The number of aromatic nitrogens is 3. The van der Waals surface area contributed by atoms with E-state index in [9.17, 15) is 14.4 Å². The molecule has 0 saturated heterocycles. The van der Waals surface area contributed by atoms with E-state index in [1.165, 1.54) is 18.7 Å². The van der Waals surface area contributed by atoms with E-state index in [1.807, 2.05) is 28.8 Å². The van der Waals surface area contributed by atoms with E-state index in [2.05, 4.69) is 26.1 Å². The van der Waals surface area contributed by atoms with Gasteiger partial charge >= 0.3 is 0 Å². The third kappa shape index (κ3) is 5.58. The van der Waals surface area contributed by atoms with Crippen LogP contribution in [-0.2, 0) is 9.59 Å². The van der Waals surface area contributed by atoms with Crippen LogP contribution in [0.25, 0.3) is 5.69 Å². The lowest BCUT2D eigenvalue weighted by molar-refractivity contribution is -0.114. The summed E-state index contributed by atoms with van der Waals surface area (Å²) in [5.41, 5.74) is 2.52. The molecule has 1 aliphatic rings. The van der Waals surface area contributed by atoms with Crippen molar-refractivity contribution in [1.82, 2.24) is 20.1 Å². The molecule has 10 heteroatoms. The van der Waals surface area contributed by atoms with Gasteiger partial charge in [-0.25, -0.2) is 0 Å². The van der Waals surface area contributed by atoms with Gasteiger partial charge in [0, 0.05) is 36.8 Å². The zero-order valence-electron chi connectivity index (χ0n) is 18.3. The van der Waals surface area contributed by atoms with Gasteiger partial charge in [-0.15, -0.1) is 10.2 Å². The summed E-state index contributed by atoms with van der Waals surface area (Å²) in [6.45, 7) is 1.46. The number of carbonyl (C=O) groups is 3. The molecular weight excluding hydrogens is 440 g/mol. The summed E-state index contributed by atoms with van der Waals surface area (Å²) in [6.07, 6.45) is 2.10. The van der Waals surface area contributed by atoms with Gasteiger partial charge in [-0.1, -0.05) is 23.9 Å². The Morgan fingerprint density at radius 2 is 1.76 bits per heavy atom. The van der Waals surface area contributed by atoms with E-state index in [0.29, 0.717) is 28.0 Å². The van der Waals surface area contributed by atoms with Gasteiger partial charge in [-0.05, 0) is 49.2 Å². The highest BCUT2D eigenvalue weighted by Gasteiger charge is 2.31. The number of benzene rings is 2. The maximum Gasteiger partial charge on any atom is 0.251 e. The SMILES string of the molecule is CNC(=O)c1cccc(NC(=O)CSc2nnc(C3CC3)n2-c2cccc(NC(C)=O)c2)c1. The van der Waals surface area contributed by atoms with Crippen LogP contribution in [0.5, 0.6) is 0 Å². The van der Waals surface area contributed by atoms with Gasteiger partial charge in [0.2, 0.25) is 11.8 Å². The van der Waals surface area contributed by atoms with Gasteiger partial charge in [-0.3, -0.25) is 19.0 Å². The van der Waals surface area contributed by atoms with Crippen molar-refractivity contribution in [2.24, 2.45) is 0 Å². The molecule has 33 heavy (non-hydrogen) atoms. The molecule has 3 N–H and O–H groups in total. The molecule has 2 aromatic carbocycles. The molecule has 1 heterocycles. The van der Waals surface area contributed by atoms with Crippen LogP contribution < -0.4 is 16.0 Å². The largest absolute Gasteiger partial charge is 0.355 e. The van der Waals surface area contributed by atoms with Crippen LogP contribution in [0.3, 0.4) is 0 Å². The molecule has 0 atom stereocenters. The van der Waals surface area contributed by atoms with Crippen LogP contribution >= 0.6 is 11.8 Å². The molecule has 1 aliphatic carbocycles. The lowest BCUT2D eigenvalue weighted by atomic mass is 10.2. The van der Waals surface area contributed by atoms with Crippen LogP contribution in [0.2, 0.25) is 0 Å². The number of nitrogens with zero attached hydrogens (tertiary/aromatic N) is 3. The van der Waals surface area contributed by atoms with Crippen molar-refractivity contribution >= 4 is 40.9 Å². The van der Waals surface area contributed by atoms with E-state index < -0.39 is 0 Å². The standard InChI is InChI=1S/C23H24N6O3S/c1-14(30)25-18-7-4-8-19(12-18)29-21(15-9-10-15)27-28-23(29)33-13-20(31)26-17-6-3-5-16(11-17)22(32)24-2/h3-8,11-12,15H,9-10,13H2,1-2H3,(H,24,32)(H,25,30)(H,26,31). The Hall–Kier alpha value is -3.66. The second kappa shape index (κ2) is 9.86. The normalized spacial score (nSPS) is 12.8. The average molecular weight is 465 g/mol. The smallest absolute Gasteiger partial charge is 0.251 e. The maximum atomic E-state index is 12.6. The lowest BCUT2D eigenvalue weighted by Crippen LogP contribution is -2.19. The first-order chi connectivity index (χ1) is 15.9. The number of hydrogen-bond acceptors (Lipinski definition) is 6. The van der Waals surface area contributed by atoms with Crippen molar-refractivity contribution in [1.29, 1.82) is 0 Å². The zero-order chi connectivity index (χ0) is 23.4. The quantitative estimate of drug-likeness (QED) is 0.441. The molecule has 1 saturated carbocycles. The molecule has 4 rings (SSSR count). The Morgan fingerprint density at radius 3 is 2.45 bits per heavy atom. The fourth-order valence-electron chi connectivity index (χ4n) is 3.36. The lowest BCUT2D eigenvalue weighted by Gasteiger charge is -2.12. The summed E-state index contributed by atoms with van der Waals surface area (Å²) in [5, 5.41) is 17.5. The first-order valence-corrected chi connectivity index (χ1v) is 11.5. The third-order valence-electron chi connectivity index (χ3n) is 4.99. The second-order valence-electron chi connectivity index (χ2n) is 7.68. The van der Waals surface area contributed by atoms with Gasteiger partial charge in [0.15, 0.2) is 5.16 Å².